The van der Waals surface area contributed by atoms with Gasteiger partial charge in [0.05, 0.1) is 6.61 Å². The summed E-state index contributed by atoms with van der Waals surface area (Å²) in [5.74, 6) is 0.733. The summed E-state index contributed by atoms with van der Waals surface area (Å²) in [7, 11) is 0. The van der Waals surface area contributed by atoms with E-state index in [0.717, 1.165) is 22.1 Å². The number of benzene rings is 2. The van der Waals surface area contributed by atoms with Crippen molar-refractivity contribution in [3.8, 4) is 5.75 Å². The predicted octanol–water partition coefficient (Wildman–Crippen LogP) is 2.27. The van der Waals surface area contributed by atoms with Gasteiger partial charge in [-0.2, -0.15) is 0 Å². The first-order valence-corrected chi connectivity index (χ1v) is 6.87. The van der Waals surface area contributed by atoms with Crippen LogP contribution in [0.5, 0.6) is 5.75 Å². The van der Waals surface area contributed by atoms with Crippen LogP contribution >= 0.6 is 0 Å². The fourth-order valence-corrected chi connectivity index (χ4v) is 2.23. The molecule has 4 heteroatoms. The lowest BCUT2D eigenvalue weighted by Crippen LogP contribution is -2.24. The maximum atomic E-state index is 9.69. The quantitative estimate of drug-likeness (QED) is 0.578. The zero-order valence-electron chi connectivity index (χ0n) is 11.9. The molecule has 0 amide bonds. The number of aliphatic hydroxyl groups excluding tert-OH is 2. The Kier molecular flexibility index (Phi) is 5.75. The topological polar surface area (TPSA) is 58.9 Å². The molecule has 2 rings (SSSR count). The molecule has 0 bridgehead atoms. The van der Waals surface area contributed by atoms with Gasteiger partial charge in [-0.25, -0.2) is 0 Å². The van der Waals surface area contributed by atoms with Gasteiger partial charge in [0.1, 0.15) is 25.3 Å². The second-order valence-electron chi connectivity index (χ2n) is 4.72. The number of aliphatic hydroxyl groups is 2. The van der Waals surface area contributed by atoms with Gasteiger partial charge >= 0.3 is 0 Å². The fourth-order valence-electron chi connectivity index (χ4n) is 2.23. The molecule has 1 unspecified atom stereocenters. The molecule has 2 aromatic carbocycles. The van der Waals surface area contributed by atoms with E-state index >= 15 is 0 Å². The molecule has 0 aliphatic carbocycles. The molecule has 4 nitrogen and oxygen atoms in total. The molecule has 2 aromatic rings. The zero-order valence-corrected chi connectivity index (χ0v) is 11.9. The van der Waals surface area contributed by atoms with Crippen LogP contribution in [-0.4, -0.2) is 36.3 Å². The molecule has 21 heavy (non-hydrogen) atoms. The second kappa shape index (κ2) is 7.78. The number of allylic oxidation sites excluding steroid dienone is 1. The fraction of sp³-hybridized carbons (Fsp3) is 0.294. The predicted molar refractivity (Wildman–Crippen MR) is 82.4 cm³/mol. The highest BCUT2D eigenvalue weighted by Crippen LogP contribution is 2.28. The van der Waals surface area contributed by atoms with Gasteiger partial charge in [0.25, 0.3) is 0 Å². The molecule has 0 heterocycles. The van der Waals surface area contributed by atoms with Crippen molar-refractivity contribution in [3.05, 3.63) is 54.6 Å². The minimum atomic E-state index is -0.778. The van der Waals surface area contributed by atoms with Crippen molar-refractivity contribution in [2.45, 2.75) is 12.5 Å². The summed E-state index contributed by atoms with van der Waals surface area (Å²) in [6.07, 6.45) is 1.75. The van der Waals surface area contributed by atoms with Crippen LogP contribution in [0.4, 0.5) is 0 Å². The molecule has 0 fully saturated rings. The summed E-state index contributed by atoms with van der Waals surface area (Å²) >= 11 is 0. The van der Waals surface area contributed by atoms with Crippen LogP contribution in [0.3, 0.4) is 0 Å². The second-order valence-corrected chi connectivity index (χ2v) is 4.72. The van der Waals surface area contributed by atoms with Gasteiger partial charge in [0.15, 0.2) is 0 Å². The maximum absolute atomic E-state index is 9.69. The average molecular weight is 288 g/mol. The maximum Gasteiger partial charge on any atom is 0.143 e. The summed E-state index contributed by atoms with van der Waals surface area (Å²) < 4.78 is 10.4. The third kappa shape index (κ3) is 4.04. The normalized spacial score (nSPS) is 12.3. The lowest BCUT2D eigenvalue weighted by Gasteiger charge is -2.16. The van der Waals surface area contributed by atoms with Gasteiger partial charge in [0, 0.05) is 5.56 Å². The minimum absolute atomic E-state index is 0.0425. The van der Waals surface area contributed by atoms with Crippen molar-refractivity contribution in [1.82, 2.24) is 0 Å². The lowest BCUT2D eigenvalue weighted by atomic mass is 10.0. The highest BCUT2D eigenvalue weighted by Gasteiger charge is 2.10. The SMILES string of the molecule is C=CCc1c(OCC(O)COCO)ccc2ccccc12. The number of fused-ring (bicyclic) bond motifs is 1. The van der Waals surface area contributed by atoms with E-state index in [1.54, 1.807) is 0 Å². The van der Waals surface area contributed by atoms with Crippen molar-refractivity contribution in [2.24, 2.45) is 0 Å². The average Bonchev–Trinajstić information content (AvgIpc) is 2.52. The number of rotatable bonds is 8. The van der Waals surface area contributed by atoms with Crippen molar-refractivity contribution in [1.29, 1.82) is 0 Å². The molecule has 0 aliphatic rings. The van der Waals surface area contributed by atoms with Crippen LogP contribution in [0.15, 0.2) is 49.1 Å². The first kappa shape index (κ1) is 15.5. The number of hydrogen-bond donors (Lipinski definition) is 2. The summed E-state index contributed by atoms with van der Waals surface area (Å²) in [5.41, 5.74) is 1.05. The summed E-state index contributed by atoms with van der Waals surface area (Å²) in [5, 5.41) is 20.5. The summed E-state index contributed by atoms with van der Waals surface area (Å²) in [6.45, 7) is 3.54. The largest absolute Gasteiger partial charge is 0.490 e. The molecule has 0 aromatic heterocycles. The third-order valence-corrected chi connectivity index (χ3v) is 3.18. The van der Waals surface area contributed by atoms with Crippen molar-refractivity contribution < 1.29 is 19.7 Å². The molecule has 0 saturated carbocycles. The Morgan fingerprint density at radius 3 is 2.71 bits per heavy atom. The van der Waals surface area contributed by atoms with Crippen molar-refractivity contribution in [2.75, 3.05) is 20.0 Å². The van der Waals surface area contributed by atoms with Crippen LogP contribution in [0.25, 0.3) is 10.8 Å². The van der Waals surface area contributed by atoms with Crippen LogP contribution in [0.2, 0.25) is 0 Å². The standard InChI is InChI=1S/C17H20O4/c1-2-5-16-15-7-4-3-6-13(15)8-9-17(16)21-11-14(19)10-20-12-18/h2-4,6-9,14,18-19H,1,5,10-12H2. The molecular formula is C17H20O4. The third-order valence-electron chi connectivity index (χ3n) is 3.18. The minimum Gasteiger partial charge on any atom is -0.490 e. The number of ether oxygens (including phenoxy) is 2. The molecule has 2 N–H and O–H groups in total. The Bertz CT molecular complexity index is 594. The molecule has 0 radical (unpaired) electrons. The highest BCUT2D eigenvalue weighted by molar-refractivity contribution is 5.87. The Morgan fingerprint density at radius 2 is 1.95 bits per heavy atom. The van der Waals surface area contributed by atoms with E-state index in [-0.39, 0.29) is 13.2 Å². The zero-order chi connectivity index (χ0) is 15.1. The van der Waals surface area contributed by atoms with Crippen LogP contribution in [-0.2, 0) is 11.2 Å². The van der Waals surface area contributed by atoms with Gasteiger partial charge in [0.2, 0.25) is 0 Å². The number of hydrogen-bond acceptors (Lipinski definition) is 4. The molecule has 0 aliphatic heterocycles. The molecule has 1 atom stereocenters. The molecule has 0 saturated heterocycles. The van der Waals surface area contributed by atoms with E-state index in [4.69, 9.17) is 14.6 Å². The van der Waals surface area contributed by atoms with Gasteiger partial charge in [-0.3, -0.25) is 0 Å². The van der Waals surface area contributed by atoms with E-state index in [9.17, 15) is 5.11 Å². The summed E-state index contributed by atoms with van der Waals surface area (Å²) in [6, 6.07) is 12.0. The van der Waals surface area contributed by atoms with Gasteiger partial charge < -0.3 is 19.7 Å². The first-order valence-electron chi connectivity index (χ1n) is 6.87. The van der Waals surface area contributed by atoms with Crippen LogP contribution in [0.1, 0.15) is 5.56 Å². The van der Waals surface area contributed by atoms with Crippen molar-refractivity contribution in [3.63, 3.8) is 0 Å². The monoisotopic (exact) mass is 288 g/mol. The Labute approximate surface area is 124 Å². The van der Waals surface area contributed by atoms with E-state index in [1.165, 1.54) is 0 Å². The van der Waals surface area contributed by atoms with Gasteiger partial charge in [-0.1, -0.05) is 36.4 Å². The molecule has 0 spiro atoms. The van der Waals surface area contributed by atoms with Gasteiger partial charge in [-0.15, -0.1) is 6.58 Å². The Hall–Kier alpha value is -1.88. The summed E-state index contributed by atoms with van der Waals surface area (Å²) in [4.78, 5) is 0. The van der Waals surface area contributed by atoms with Crippen molar-refractivity contribution >= 4 is 10.8 Å². The van der Waals surface area contributed by atoms with Crippen LogP contribution < -0.4 is 4.74 Å². The lowest BCUT2D eigenvalue weighted by molar-refractivity contribution is -0.0510. The smallest absolute Gasteiger partial charge is 0.143 e. The Balaban J connectivity index is 2.18. The first-order chi connectivity index (χ1) is 10.3. The highest BCUT2D eigenvalue weighted by atomic mass is 16.6. The van der Waals surface area contributed by atoms with E-state index in [2.05, 4.69) is 12.6 Å². The van der Waals surface area contributed by atoms with E-state index < -0.39 is 12.9 Å². The Morgan fingerprint density at radius 1 is 1.14 bits per heavy atom. The van der Waals surface area contributed by atoms with E-state index in [0.29, 0.717) is 6.42 Å². The van der Waals surface area contributed by atoms with Gasteiger partial charge in [-0.05, 0) is 23.3 Å². The molecular weight excluding hydrogens is 268 g/mol. The van der Waals surface area contributed by atoms with Crippen LogP contribution in [0, 0.1) is 0 Å². The molecule has 112 valence electrons. The van der Waals surface area contributed by atoms with E-state index in [1.807, 2.05) is 36.4 Å².